The van der Waals surface area contributed by atoms with Crippen LogP contribution in [0.15, 0.2) is 34.8 Å². The predicted octanol–water partition coefficient (Wildman–Crippen LogP) is 2.05. The Hall–Kier alpha value is -1.02. The lowest BCUT2D eigenvalue weighted by Crippen LogP contribution is -2.29. The first-order valence-electron chi connectivity index (χ1n) is 5.46. The number of halogens is 1. The van der Waals surface area contributed by atoms with Gasteiger partial charge in [0.15, 0.2) is 0 Å². The molecule has 0 spiro atoms. The van der Waals surface area contributed by atoms with Crippen molar-refractivity contribution in [2.45, 2.75) is 11.3 Å². The summed E-state index contributed by atoms with van der Waals surface area (Å²) in [6.07, 6.45) is 3.11. The molecule has 0 saturated carbocycles. The molecule has 102 valence electrons. The van der Waals surface area contributed by atoms with Crippen LogP contribution in [0.25, 0.3) is 0 Å². The molecule has 0 N–H and O–H groups in total. The van der Waals surface area contributed by atoms with Gasteiger partial charge in [-0.05, 0) is 29.5 Å². The van der Waals surface area contributed by atoms with Crippen molar-refractivity contribution < 1.29 is 8.42 Å². The molecule has 0 aliphatic heterocycles. The summed E-state index contributed by atoms with van der Waals surface area (Å²) in [6.45, 7) is 0.408. The Labute approximate surface area is 120 Å². The molecule has 8 heteroatoms. The molecule has 0 atom stereocenters. The highest BCUT2D eigenvalue weighted by atomic mass is 35.5. The van der Waals surface area contributed by atoms with Crippen molar-refractivity contribution >= 4 is 33.0 Å². The number of sulfonamides is 1. The lowest BCUT2D eigenvalue weighted by atomic mass is 10.3. The number of rotatable bonds is 5. The second kappa shape index (κ2) is 5.96. The van der Waals surface area contributed by atoms with E-state index in [4.69, 9.17) is 11.6 Å². The van der Waals surface area contributed by atoms with Crippen molar-refractivity contribution in [2.24, 2.45) is 0 Å². The van der Waals surface area contributed by atoms with Gasteiger partial charge < -0.3 is 0 Å². The molecule has 0 saturated heterocycles. The predicted molar refractivity (Wildman–Crippen MR) is 74.9 cm³/mol. The van der Waals surface area contributed by atoms with Gasteiger partial charge in [0.1, 0.15) is 4.90 Å². The zero-order valence-corrected chi connectivity index (χ0v) is 12.5. The fraction of sp³-hybridized carbons (Fsp3) is 0.273. The first-order chi connectivity index (χ1) is 9.00. The zero-order chi connectivity index (χ0) is 13.9. The van der Waals surface area contributed by atoms with E-state index >= 15 is 0 Å². The maximum Gasteiger partial charge on any atom is 0.245 e. The van der Waals surface area contributed by atoms with E-state index in [1.807, 2.05) is 17.5 Å². The van der Waals surface area contributed by atoms with Crippen molar-refractivity contribution in [3.8, 4) is 0 Å². The molecule has 0 bridgehead atoms. The van der Waals surface area contributed by atoms with Gasteiger partial charge in [-0.3, -0.25) is 0 Å². The SMILES string of the molecule is CN(CCc1cccs1)S(=O)(=O)c1cnc(Cl)nc1. The lowest BCUT2D eigenvalue weighted by Gasteiger charge is -2.16. The number of aromatic nitrogens is 2. The van der Waals surface area contributed by atoms with E-state index in [2.05, 4.69) is 9.97 Å². The lowest BCUT2D eigenvalue weighted by molar-refractivity contribution is 0.473. The molecule has 2 aromatic heterocycles. The van der Waals surface area contributed by atoms with Crippen LogP contribution in [0.4, 0.5) is 0 Å². The summed E-state index contributed by atoms with van der Waals surface area (Å²) in [6, 6.07) is 3.93. The summed E-state index contributed by atoms with van der Waals surface area (Å²) >= 11 is 7.15. The maximum absolute atomic E-state index is 12.2. The van der Waals surface area contributed by atoms with Crippen LogP contribution in [0, 0.1) is 0 Å². The monoisotopic (exact) mass is 317 g/mol. The number of nitrogens with zero attached hydrogens (tertiary/aromatic N) is 3. The molecule has 0 aromatic carbocycles. The number of hydrogen-bond donors (Lipinski definition) is 0. The second-order valence-corrected chi connectivity index (χ2v) is 7.26. The minimum absolute atomic E-state index is 0.0280. The van der Waals surface area contributed by atoms with Gasteiger partial charge in [0.05, 0.1) is 12.4 Å². The molecule has 2 aromatic rings. The molecule has 0 fully saturated rings. The third-order valence-corrected chi connectivity index (χ3v) is 5.50. The summed E-state index contributed by atoms with van der Waals surface area (Å²) in [4.78, 5) is 8.57. The Morgan fingerprint density at radius 3 is 2.63 bits per heavy atom. The quantitative estimate of drug-likeness (QED) is 0.792. The van der Waals surface area contributed by atoms with Crippen LogP contribution in [-0.2, 0) is 16.4 Å². The highest BCUT2D eigenvalue weighted by Crippen LogP contribution is 2.15. The van der Waals surface area contributed by atoms with Crippen molar-refractivity contribution in [1.82, 2.24) is 14.3 Å². The van der Waals surface area contributed by atoms with Gasteiger partial charge >= 0.3 is 0 Å². The van der Waals surface area contributed by atoms with E-state index in [-0.39, 0.29) is 10.2 Å². The van der Waals surface area contributed by atoms with Crippen molar-refractivity contribution in [3.63, 3.8) is 0 Å². The first-order valence-corrected chi connectivity index (χ1v) is 8.16. The average Bonchev–Trinajstić information content (AvgIpc) is 2.89. The van der Waals surface area contributed by atoms with Gasteiger partial charge in [0.25, 0.3) is 0 Å². The largest absolute Gasteiger partial charge is 0.245 e. The van der Waals surface area contributed by atoms with Gasteiger partial charge in [0, 0.05) is 18.5 Å². The number of hydrogen-bond acceptors (Lipinski definition) is 5. The Balaban J connectivity index is 2.08. The van der Waals surface area contributed by atoms with Crippen molar-refractivity contribution in [2.75, 3.05) is 13.6 Å². The molecular weight excluding hydrogens is 306 g/mol. The Morgan fingerprint density at radius 1 is 1.37 bits per heavy atom. The van der Waals surface area contributed by atoms with Crippen LogP contribution in [0.1, 0.15) is 4.88 Å². The third-order valence-electron chi connectivity index (χ3n) is 2.56. The first kappa shape index (κ1) is 14.4. The Kier molecular flexibility index (Phi) is 4.51. The summed E-state index contributed by atoms with van der Waals surface area (Å²) in [7, 11) is -2.02. The maximum atomic E-state index is 12.2. The zero-order valence-electron chi connectivity index (χ0n) is 10.2. The van der Waals surface area contributed by atoms with Crippen molar-refractivity contribution in [1.29, 1.82) is 0 Å². The highest BCUT2D eigenvalue weighted by molar-refractivity contribution is 7.89. The minimum atomic E-state index is -3.55. The van der Waals surface area contributed by atoms with Crippen LogP contribution in [0.5, 0.6) is 0 Å². The van der Waals surface area contributed by atoms with Crippen LogP contribution >= 0.6 is 22.9 Å². The van der Waals surface area contributed by atoms with Crippen LogP contribution in [0.3, 0.4) is 0 Å². The minimum Gasteiger partial charge on any atom is -0.225 e. The van der Waals surface area contributed by atoms with Crippen molar-refractivity contribution in [3.05, 3.63) is 40.1 Å². The second-order valence-electron chi connectivity index (χ2n) is 3.84. The summed E-state index contributed by atoms with van der Waals surface area (Å²) in [5.74, 6) is 0. The molecular formula is C11H12ClN3O2S2. The van der Waals surface area contributed by atoms with Gasteiger partial charge in [-0.1, -0.05) is 6.07 Å². The number of likely N-dealkylation sites (N-methyl/N-ethyl adjacent to an activating group) is 1. The smallest absolute Gasteiger partial charge is 0.225 e. The molecule has 19 heavy (non-hydrogen) atoms. The number of thiophene rings is 1. The third kappa shape index (κ3) is 3.50. The van der Waals surface area contributed by atoms with Crippen LogP contribution in [0.2, 0.25) is 5.28 Å². The van der Waals surface area contributed by atoms with Gasteiger partial charge in [-0.2, -0.15) is 0 Å². The van der Waals surface area contributed by atoms with Crippen LogP contribution < -0.4 is 0 Å². The van der Waals surface area contributed by atoms with Crippen LogP contribution in [-0.4, -0.2) is 36.3 Å². The molecule has 2 rings (SSSR count). The molecule has 0 radical (unpaired) electrons. The normalized spacial score (nSPS) is 11.9. The van der Waals surface area contributed by atoms with E-state index in [0.29, 0.717) is 13.0 Å². The van der Waals surface area contributed by atoms with E-state index in [0.717, 1.165) is 4.88 Å². The highest BCUT2D eigenvalue weighted by Gasteiger charge is 2.21. The van der Waals surface area contributed by atoms with E-state index in [1.165, 1.54) is 23.7 Å². The van der Waals surface area contributed by atoms with Gasteiger partial charge in [-0.25, -0.2) is 22.7 Å². The van der Waals surface area contributed by atoms with E-state index in [9.17, 15) is 8.42 Å². The fourth-order valence-electron chi connectivity index (χ4n) is 1.46. The standard InChI is InChI=1S/C11H12ClN3O2S2/c1-15(5-4-9-3-2-6-18-9)19(16,17)10-7-13-11(12)14-8-10/h2-3,6-8H,4-5H2,1H3. The van der Waals surface area contributed by atoms with E-state index in [1.54, 1.807) is 11.3 Å². The molecule has 5 nitrogen and oxygen atoms in total. The topological polar surface area (TPSA) is 63.2 Å². The Bertz CT molecular complexity index is 626. The summed E-state index contributed by atoms with van der Waals surface area (Å²) < 4.78 is 25.7. The molecule has 0 aliphatic rings. The average molecular weight is 318 g/mol. The fourth-order valence-corrected chi connectivity index (χ4v) is 3.32. The molecule has 2 heterocycles. The molecule has 0 aliphatic carbocycles. The molecule has 0 unspecified atom stereocenters. The summed E-state index contributed by atoms with van der Waals surface area (Å²) in [5.41, 5.74) is 0. The van der Waals surface area contributed by atoms with Gasteiger partial charge in [0.2, 0.25) is 15.3 Å². The Morgan fingerprint density at radius 2 is 2.05 bits per heavy atom. The molecule has 0 amide bonds. The summed E-state index contributed by atoms with van der Waals surface area (Å²) in [5, 5.41) is 2.00. The van der Waals surface area contributed by atoms with E-state index < -0.39 is 10.0 Å². The van der Waals surface area contributed by atoms with Gasteiger partial charge in [-0.15, -0.1) is 11.3 Å².